The van der Waals surface area contributed by atoms with Crippen molar-refractivity contribution in [3.05, 3.63) is 47.3 Å². The number of fused-ring (bicyclic) bond motifs is 1. The molecule has 0 fully saturated rings. The molecule has 2 heterocycles. The molecule has 1 aliphatic heterocycles. The van der Waals surface area contributed by atoms with Crippen molar-refractivity contribution in [3.63, 3.8) is 0 Å². The average Bonchev–Trinajstić information content (AvgIpc) is 3.01. The van der Waals surface area contributed by atoms with E-state index in [-0.39, 0.29) is 11.8 Å². The van der Waals surface area contributed by atoms with E-state index < -0.39 is 0 Å². The van der Waals surface area contributed by atoms with Gasteiger partial charge in [-0.05, 0) is 36.6 Å². The molecule has 0 spiro atoms. The van der Waals surface area contributed by atoms with Crippen LogP contribution in [-0.2, 0) is 17.8 Å². The zero-order valence-corrected chi connectivity index (χ0v) is 12.3. The largest absolute Gasteiger partial charge is 0.497 e. The number of aromatic amines is 1. The van der Waals surface area contributed by atoms with E-state index in [9.17, 15) is 4.79 Å². The van der Waals surface area contributed by atoms with Gasteiger partial charge < -0.3 is 9.64 Å². The van der Waals surface area contributed by atoms with Crippen molar-refractivity contribution in [2.24, 2.45) is 0 Å². The summed E-state index contributed by atoms with van der Waals surface area (Å²) in [6.07, 6.45) is 2.71. The summed E-state index contributed by atoms with van der Waals surface area (Å²) in [6, 6.07) is 7.70. The Morgan fingerprint density at radius 1 is 1.48 bits per heavy atom. The van der Waals surface area contributed by atoms with E-state index in [0.29, 0.717) is 6.54 Å². The number of aromatic nitrogens is 2. The smallest absolute Gasteiger partial charge is 0.230 e. The third kappa shape index (κ3) is 2.63. The van der Waals surface area contributed by atoms with Crippen LogP contribution >= 0.6 is 0 Å². The highest BCUT2D eigenvalue weighted by atomic mass is 16.5. The Balaban J connectivity index is 1.76. The van der Waals surface area contributed by atoms with Crippen molar-refractivity contribution in [1.82, 2.24) is 15.1 Å². The first kappa shape index (κ1) is 13.7. The van der Waals surface area contributed by atoms with E-state index in [2.05, 4.69) is 10.2 Å². The van der Waals surface area contributed by atoms with Gasteiger partial charge in [0.15, 0.2) is 0 Å². The minimum Gasteiger partial charge on any atom is -0.497 e. The Morgan fingerprint density at radius 3 is 3.14 bits per heavy atom. The van der Waals surface area contributed by atoms with Crippen LogP contribution in [0.3, 0.4) is 0 Å². The molecular weight excluding hydrogens is 266 g/mol. The van der Waals surface area contributed by atoms with Gasteiger partial charge in [-0.1, -0.05) is 12.1 Å². The Morgan fingerprint density at radius 2 is 2.33 bits per heavy atom. The first-order valence-electron chi connectivity index (χ1n) is 7.13. The number of amides is 1. The third-order valence-electron chi connectivity index (χ3n) is 4.08. The van der Waals surface area contributed by atoms with Crippen molar-refractivity contribution < 1.29 is 9.53 Å². The van der Waals surface area contributed by atoms with Gasteiger partial charge in [-0.25, -0.2) is 0 Å². The molecular formula is C16H19N3O2. The van der Waals surface area contributed by atoms with Crippen LogP contribution in [-0.4, -0.2) is 34.7 Å². The Kier molecular flexibility index (Phi) is 3.64. The number of methoxy groups -OCH3 is 1. The number of hydrogen-bond donors (Lipinski definition) is 1. The maximum atomic E-state index is 12.7. The topological polar surface area (TPSA) is 58.2 Å². The van der Waals surface area contributed by atoms with Gasteiger partial charge in [0, 0.05) is 6.54 Å². The van der Waals surface area contributed by atoms with Crippen LogP contribution in [0.15, 0.2) is 30.5 Å². The molecule has 1 amide bonds. The van der Waals surface area contributed by atoms with E-state index in [4.69, 9.17) is 4.74 Å². The first-order valence-corrected chi connectivity index (χ1v) is 7.13. The molecule has 1 aromatic heterocycles. The fourth-order valence-electron chi connectivity index (χ4n) is 2.73. The number of nitrogens with zero attached hydrogens (tertiary/aromatic N) is 2. The zero-order valence-electron chi connectivity index (χ0n) is 12.3. The third-order valence-corrected chi connectivity index (χ3v) is 4.08. The fourth-order valence-corrected chi connectivity index (χ4v) is 2.73. The van der Waals surface area contributed by atoms with Gasteiger partial charge in [-0.3, -0.25) is 9.89 Å². The van der Waals surface area contributed by atoms with Crippen LogP contribution < -0.4 is 4.74 Å². The Labute approximate surface area is 123 Å². The molecule has 0 radical (unpaired) electrons. The average molecular weight is 285 g/mol. The lowest BCUT2D eigenvalue weighted by molar-refractivity contribution is -0.133. The number of carbonyl (C=O) groups excluding carboxylic acids is 1. The zero-order chi connectivity index (χ0) is 14.8. The van der Waals surface area contributed by atoms with Gasteiger partial charge in [0.1, 0.15) is 5.75 Å². The molecule has 1 unspecified atom stereocenters. The summed E-state index contributed by atoms with van der Waals surface area (Å²) in [5.74, 6) is 0.745. The number of nitrogens with one attached hydrogen (secondary N) is 1. The standard InChI is InChI=1S/C16H19N3O2/c1-11(12-4-3-5-14(8-12)21-2)16(20)19-7-6-13-9-17-18-15(13)10-19/h3-5,8-9,11H,6-7,10H2,1-2H3,(H,17,18). The van der Waals surface area contributed by atoms with Gasteiger partial charge in [0.05, 0.1) is 31.5 Å². The minimum absolute atomic E-state index is 0.142. The van der Waals surface area contributed by atoms with Gasteiger partial charge >= 0.3 is 0 Å². The number of rotatable bonds is 3. The molecule has 110 valence electrons. The molecule has 1 atom stereocenters. The van der Waals surface area contributed by atoms with Gasteiger partial charge in [-0.15, -0.1) is 0 Å². The maximum absolute atomic E-state index is 12.7. The Bertz CT molecular complexity index is 650. The number of carbonyl (C=O) groups is 1. The molecule has 0 saturated carbocycles. The first-order chi connectivity index (χ1) is 10.2. The van der Waals surface area contributed by atoms with Gasteiger partial charge in [0.25, 0.3) is 0 Å². The number of ether oxygens (including phenoxy) is 1. The van der Waals surface area contributed by atoms with E-state index in [0.717, 1.165) is 30.0 Å². The molecule has 0 aliphatic carbocycles. The lowest BCUT2D eigenvalue weighted by atomic mass is 9.98. The monoisotopic (exact) mass is 285 g/mol. The normalized spacial score (nSPS) is 15.4. The van der Waals surface area contributed by atoms with Crippen LogP contribution in [0.5, 0.6) is 5.75 Å². The molecule has 5 nitrogen and oxygen atoms in total. The van der Waals surface area contributed by atoms with Crippen LogP contribution in [0.1, 0.15) is 29.7 Å². The van der Waals surface area contributed by atoms with Crippen molar-refractivity contribution in [2.45, 2.75) is 25.8 Å². The fraction of sp³-hybridized carbons (Fsp3) is 0.375. The van der Waals surface area contributed by atoms with E-state index in [1.54, 1.807) is 7.11 Å². The molecule has 0 saturated heterocycles. The molecule has 1 N–H and O–H groups in total. The van der Waals surface area contributed by atoms with Crippen molar-refractivity contribution in [2.75, 3.05) is 13.7 Å². The number of benzene rings is 1. The van der Waals surface area contributed by atoms with Crippen molar-refractivity contribution >= 4 is 5.91 Å². The summed E-state index contributed by atoms with van der Waals surface area (Å²) >= 11 is 0. The van der Waals surface area contributed by atoms with Crippen LogP contribution in [0.25, 0.3) is 0 Å². The molecule has 1 aliphatic rings. The molecule has 1 aromatic carbocycles. The van der Waals surface area contributed by atoms with Crippen molar-refractivity contribution in [1.29, 1.82) is 0 Å². The second-order valence-corrected chi connectivity index (χ2v) is 5.38. The number of H-pyrrole nitrogens is 1. The predicted octanol–water partition coefficient (Wildman–Crippen LogP) is 2.11. The number of hydrogen-bond acceptors (Lipinski definition) is 3. The van der Waals surface area contributed by atoms with Crippen LogP contribution in [0.2, 0.25) is 0 Å². The lowest BCUT2D eigenvalue weighted by Gasteiger charge is -2.29. The summed E-state index contributed by atoms with van der Waals surface area (Å²) < 4.78 is 5.23. The predicted molar refractivity (Wildman–Crippen MR) is 79.1 cm³/mol. The summed E-state index contributed by atoms with van der Waals surface area (Å²) in [7, 11) is 1.63. The minimum atomic E-state index is -0.176. The van der Waals surface area contributed by atoms with E-state index in [1.165, 1.54) is 5.56 Å². The molecule has 5 heteroatoms. The SMILES string of the molecule is COc1cccc(C(C)C(=O)N2CCc3cn[nH]c3C2)c1. The highest BCUT2D eigenvalue weighted by molar-refractivity contribution is 5.83. The molecule has 0 bridgehead atoms. The lowest BCUT2D eigenvalue weighted by Crippen LogP contribution is -2.38. The second-order valence-electron chi connectivity index (χ2n) is 5.38. The van der Waals surface area contributed by atoms with Gasteiger partial charge in [0.2, 0.25) is 5.91 Å². The summed E-state index contributed by atoms with van der Waals surface area (Å²) in [5.41, 5.74) is 3.25. The molecule has 21 heavy (non-hydrogen) atoms. The van der Waals surface area contributed by atoms with E-state index >= 15 is 0 Å². The maximum Gasteiger partial charge on any atom is 0.230 e. The molecule has 2 aromatic rings. The highest BCUT2D eigenvalue weighted by Gasteiger charge is 2.26. The van der Waals surface area contributed by atoms with Gasteiger partial charge in [-0.2, -0.15) is 5.10 Å². The highest BCUT2D eigenvalue weighted by Crippen LogP contribution is 2.25. The summed E-state index contributed by atoms with van der Waals surface area (Å²) in [4.78, 5) is 14.6. The van der Waals surface area contributed by atoms with Crippen LogP contribution in [0.4, 0.5) is 0 Å². The quantitative estimate of drug-likeness (QED) is 0.939. The van der Waals surface area contributed by atoms with Crippen molar-refractivity contribution in [3.8, 4) is 5.75 Å². The van der Waals surface area contributed by atoms with Crippen LogP contribution in [0, 0.1) is 0 Å². The molecule has 3 rings (SSSR count). The summed E-state index contributed by atoms with van der Waals surface area (Å²) in [5, 5.41) is 7.02. The second kappa shape index (κ2) is 5.60. The van der Waals surface area contributed by atoms with E-state index in [1.807, 2.05) is 42.3 Å². The summed E-state index contributed by atoms with van der Waals surface area (Å²) in [6.45, 7) is 3.31. The Hall–Kier alpha value is -2.30.